The van der Waals surface area contributed by atoms with E-state index in [1.54, 1.807) is 0 Å². The average Bonchev–Trinajstić information content (AvgIpc) is 3.31. The molecule has 124 valence electrons. The van der Waals surface area contributed by atoms with Gasteiger partial charge >= 0.3 is 0 Å². The van der Waals surface area contributed by atoms with Crippen LogP contribution in [0.1, 0.15) is 53.3 Å². The van der Waals surface area contributed by atoms with Crippen molar-refractivity contribution in [3.05, 3.63) is 82.9 Å². The number of carbonyl (C=O) groups excluding carboxylic acids is 1. The molecule has 1 N–H and O–H groups in total. The van der Waals surface area contributed by atoms with E-state index in [2.05, 4.69) is 18.8 Å². The van der Waals surface area contributed by atoms with Crippen LogP contribution < -0.4 is 4.74 Å². The predicted octanol–water partition coefficient (Wildman–Crippen LogP) is 4.53. The summed E-state index contributed by atoms with van der Waals surface area (Å²) in [7, 11) is 0. The molecule has 5 rings (SSSR count). The van der Waals surface area contributed by atoms with E-state index in [0.29, 0.717) is 22.8 Å². The number of fused-ring (bicyclic) bond motifs is 4. The van der Waals surface area contributed by atoms with Gasteiger partial charge in [-0.3, -0.25) is 4.79 Å². The van der Waals surface area contributed by atoms with E-state index in [0.717, 1.165) is 17.0 Å². The third-order valence-electron chi connectivity index (χ3n) is 5.07. The minimum Gasteiger partial charge on any atom is -0.465 e. The van der Waals surface area contributed by atoms with E-state index in [1.165, 1.54) is 5.56 Å². The molecule has 1 aromatic carbocycles. The zero-order chi connectivity index (χ0) is 17.1. The van der Waals surface area contributed by atoms with Crippen LogP contribution in [0.25, 0.3) is 5.57 Å². The molecule has 0 aliphatic carbocycles. The number of benzene rings is 1. The highest BCUT2D eigenvalue weighted by Gasteiger charge is 2.42. The Morgan fingerprint density at radius 1 is 1.16 bits per heavy atom. The quantitative estimate of drug-likeness (QED) is 0.750. The van der Waals surface area contributed by atoms with Gasteiger partial charge in [0, 0.05) is 23.7 Å². The van der Waals surface area contributed by atoms with E-state index < -0.39 is 6.23 Å². The Labute approximate surface area is 145 Å². The Morgan fingerprint density at radius 2 is 2.04 bits per heavy atom. The third-order valence-corrected chi connectivity index (χ3v) is 5.07. The van der Waals surface area contributed by atoms with E-state index in [4.69, 9.17) is 4.74 Å². The summed E-state index contributed by atoms with van der Waals surface area (Å²) in [6.45, 7) is 4.28. The van der Waals surface area contributed by atoms with Crippen LogP contribution in [-0.2, 0) is 0 Å². The van der Waals surface area contributed by atoms with E-state index in [9.17, 15) is 4.79 Å². The first-order valence-electron chi connectivity index (χ1n) is 8.55. The predicted molar refractivity (Wildman–Crippen MR) is 95.8 cm³/mol. The first-order chi connectivity index (χ1) is 12.1. The summed E-state index contributed by atoms with van der Waals surface area (Å²) in [6.07, 6.45) is 3.45. The summed E-state index contributed by atoms with van der Waals surface area (Å²) < 4.78 is 8.34. The number of hydrogen-bond acceptors (Lipinski definition) is 2. The van der Waals surface area contributed by atoms with Crippen molar-refractivity contribution in [3.63, 3.8) is 0 Å². The molecule has 0 fully saturated rings. The maximum Gasteiger partial charge on any atom is 0.207 e. The summed E-state index contributed by atoms with van der Waals surface area (Å²) >= 11 is 0. The maximum atomic E-state index is 13.3. The molecule has 4 nitrogen and oxygen atoms in total. The Hall–Kier alpha value is -3.01. The van der Waals surface area contributed by atoms with Crippen LogP contribution in [0.15, 0.2) is 60.4 Å². The fourth-order valence-corrected chi connectivity index (χ4v) is 3.77. The van der Waals surface area contributed by atoms with Gasteiger partial charge in [0.25, 0.3) is 0 Å². The summed E-state index contributed by atoms with van der Waals surface area (Å²) in [5, 5.41) is 0. The topological polar surface area (TPSA) is 47.0 Å². The first kappa shape index (κ1) is 14.3. The van der Waals surface area contributed by atoms with Crippen LogP contribution in [-0.4, -0.2) is 15.3 Å². The van der Waals surface area contributed by atoms with Gasteiger partial charge in [-0.1, -0.05) is 19.9 Å². The van der Waals surface area contributed by atoms with Gasteiger partial charge in [0.15, 0.2) is 5.78 Å². The second kappa shape index (κ2) is 4.99. The van der Waals surface area contributed by atoms with Gasteiger partial charge in [-0.15, -0.1) is 0 Å². The molecule has 2 aliphatic heterocycles. The maximum absolute atomic E-state index is 13.3. The number of carbonyl (C=O) groups is 1. The van der Waals surface area contributed by atoms with Crippen LogP contribution in [0.3, 0.4) is 0 Å². The lowest BCUT2D eigenvalue weighted by Crippen LogP contribution is -2.25. The summed E-state index contributed by atoms with van der Waals surface area (Å²) in [5.41, 5.74) is 5.41. The number of nitrogens with one attached hydrogen (secondary N) is 1. The largest absolute Gasteiger partial charge is 0.465 e. The van der Waals surface area contributed by atoms with Crippen LogP contribution >= 0.6 is 0 Å². The van der Waals surface area contributed by atoms with Gasteiger partial charge in [-0.25, -0.2) is 0 Å². The molecule has 25 heavy (non-hydrogen) atoms. The second-order valence-corrected chi connectivity index (χ2v) is 6.88. The Bertz CT molecular complexity index is 1020. The number of H-pyrrole nitrogens is 1. The highest BCUT2D eigenvalue weighted by Crippen LogP contribution is 2.47. The fourth-order valence-electron chi connectivity index (χ4n) is 3.77. The van der Waals surface area contributed by atoms with Crippen molar-refractivity contribution in [2.24, 2.45) is 0 Å². The molecule has 0 bridgehead atoms. The molecular weight excluding hydrogens is 312 g/mol. The van der Waals surface area contributed by atoms with Crippen LogP contribution in [0, 0.1) is 0 Å². The number of ether oxygens (including phenoxy) is 1. The lowest BCUT2D eigenvalue weighted by Gasteiger charge is -2.26. The summed E-state index contributed by atoms with van der Waals surface area (Å²) in [6, 6.07) is 13.9. The van der Waals surface area contributed by atoms with Crippen LogP contribution in [0.5, 0.6) is 5.75 Å². The van der Waals surface area contributed by atoms with Crippen molar-refractivity contribution in [1.82, 2.24) is 9.55 Å². The molecule has 4 heteroatoms. The van der Waals surface area contributed by atoms with Crippen LogP contribution in [0.4, 0.5) is 0 Å². The SMILES string of the molecule is CC(C)c1ccc2c(c1)OC1C(=C(c3ccc[nH]3)c3cccn31)C2=O. The van der Waals surface area contributed by atoms with E-state index >= 15 is 0 Å². The normalized spacial score (nSPS) is 18.2. The molecule has 1 atom stereocenters. The van der Waals surface area contributed by atoms with E-state index in [-0.39, 0.29) is 5.78 Å². The van der Waals surface area contributed by atoms with Crippen LogP contribution in [0.2, 0.25) is 0 Å². The highest BCUT2D eigenvalue weighted by molar-refractivity contribution is 6.18. The minimum absolute atomic E-state index is 0.0508. The average molecular weight is 330 g/mol. The Morgan fingerprint density at radius 3 is 2.80 bits per heavy atom. The van der Waals surface area contributed by atoms with Gasteiger partial charge < -0.3 is 14.3 Å². The molecular formula is C21H18N2O2. The number of Topliss-reactive ketones (excluding diaryl/α,β-unsaturated/α-hetero) is 1. The minimum atomic E-state index is -0.397. The Balaban J connectivity index is 1.74. The Kier molecular flexibility index (Phi) is 2.86. The third kappa shape index (κ3) is 1.91. The van der Waals surface area contributed by atoms with Crippen molar-refractivity contribution in [1.29, 1.82) is 0 Å². The van der Waals surface area contributed by atoms with Gasteiger partial charge in [0.1, 0.15) is 5.75 Å². The monoisotopic (exact) mass is 330 g/mol. The molecule has 2 aliphatic rings. The molecule has 2 aromatic heterocycles. The van der Waals surface area contributed by atoms with Crippen molar-refractivity contribution < 1.29 is 9.53 Å². The standard InChI is InChI=1S/C21H18N2O2/c1-12(2)13-7-8-14-17(11-13)25-21-19(20(14)24)18(15-5-3-9-22-15)16-6-4-10-23(16)21/h3-12,21-22H,1-2H3. The molecule has 1 unspecified atom stereocenters. The number of nitrogens with zero attached hydrogens (tertiary/aromatic N) is 1. The van der Waals surface area contributed by atoms with Crippen molar-refractivity contribution in [2.75, 3.05) is 0 Å². The lowest BCUT2D eigenvalue weighted by molar-refractivity contribution is 0.0912. The number of rotatable bonds is 2. The van der Waals surface area contributed by atoms with Gasteiger partial charge in [0.05, 0.1) is 16.8 Å². The second-order valence-electron chi connectivity index (χ2n) is 6.88. The smallest absolute Gasteiger partial charge is 0.207 e. The summed E-state index contributed by atoms with van der Waals surface area (Å²) in [4.78, 5) is 16.5. The van der Waals surface area contributed by atoms with Gasteiger partial charge in [-0.2, -0.15) is 0 Å². The zero-order valence-corrected chi connectivity index (χ0v) is 14.1. The van der Waals surface area contributed by atoms with E-state index in [1.807, 2.05) is 59.4 Å². The van der Waals surface area contributed by atoms with Crippen molar-refractivity contribution >= 4 is 11.4 Å². The first-order valence-corrected chi connectivity index (χ1v) is 8.55. The summed E-state index contributed by atoms with van der Waals surface area (Å²) in [5.74, 6) is 1.12. The molecule has 0 saturated carbocycles. The molecule has 0 radical (unpaired) electrons. The lowest BCUT2D eigenvalue weighted by atomic mass is 9.91. The number of hydrogen-bond donors (Lipinski definition) is 1. The van der Waals surface area contributed by atoms with Gasteiger partial charge in [-0.05, 0) is 47.9 Å². The molecule has 0 amide bonds. The molecule has 0 spiro atoms. The van der Waals surface area contributed by atoms with Crippen molar-refractivity contribution in [2.45, 2.75) is 26.0 Å². The number of ketones is 1. The zero-order valence-electron chi connectivity index (χ0n) is 14.1. The molecule has 3 aromatic rings. The van der Waals surface area contributed by atoms with Crippen molar-refractivity contribution in [3.8, 4) is 5.75 Å². The number of aromatic amines is 1. The van der Waals surface area contributed by atoms with Gasteiger partial charge in [0.2, 0.25) is 6.23 Å². The highest BCUT2D eigenvalue weighted by atomic mass is 16.5. The fraction of sp³-hybridized carbons (Fsp3) is 0.190. The number of aromatic nitrogens is 2. The molecule has 4 heterocycles. The molecule has 0 saturated heterocycles.